The van der Waals surface area contributed by atoms with Gasteiger partial charge in [0.15, 0.2) is 0 Å². The predicted octanol–water partition coefficient (Wildman–Crippen LogP) is 1.03. The van der Waals surface area contributed by atoms with E-state index in [0.717, 1.165) is 24.3 Å². The van der Waals surface area contributed by atoms with Gasteiger partial charge in [-0.25, -0.2) is 0 Å². The third-order valence-corrected chi connectivity index (χ3v) is 3.05. The number of hydrogen-bond acceptors (Lipinski definition) is 3. The van der Waals surface area contributed by atoms with Gasteiger partial charge in [0.2, 0.25) is 0 Å². The van der Waals surface area contributed by atoms with Crippen LogP contribution in [0.1, 0.15) is 25.0 Å². The summed E-state index contributed by atoms with van der Waals surface area (Å²) in [4.78, 5) is 2.51. The van der Waals surface area contributed by atoms with Crippen molar-refractivity contribution in [1.29, 1.82) is 0 Å². The van der Waals surface area contributed by atoms with Crippen LogP contribution in [0, 0.1) is 0 Å². The maximum atomic E-state index is 5.86. The molecule has 0 radical (unpaired) electrons. The zero-order chi connectivity index (χ0) is 10.7. The van der Waals surface area contributed by atoms with Crippen LogP contribution in [0.3, 0.4) is 0 Å². The number of nitrogens with two attached hydrogens (primary N) is 1. The van der Waals surface area contributed by atoms with E-state index in [1.807, 2.05) is 13.2 Å². The van der Waals surface area contributed by atoms with Crippen LogP contribution < -0.4 is 5.73 Å². The highest BCUT2D eigenvalue weighted by Crippen LogP contribution is 2.12. The minimum Gasteiger partial charge on any atom is -0.396 e. The van der Waals surface area contributed by atoms with Crippen molar-refractivity contribution in [3.05, 3.63) is 11.9 Å². The van der Waals surface area contributed by atoms with Crippen molar-refractivity contribution in [3.63, 3.8) is 0 Å². The molecule has 0 atom stereocenters. The SMILES string of the molecule is Cn1cc(N)c(CCN2CCCCC2)n1. The lowest BCUT2D eigenvalue weighted by Gasteiger charge is -2.25. The summed E-state index contributed by atoms with van der Waals surface area (Å²) in [5, 5.41) is 4.36. The minimum absolute atomic E-state index is 0.828. The van der Waals surface area contributed by atoms with Gasteiger partial charge in [-0.2, -0.15) is 5.10 Å². The number of piperidine rings is 1. The van der Waals surface area contributed by atoms with Gasteiger partial charge in [0.25, 0.3) is 0 Å². The van der Waals surface area contributed by atoms with Crippen molar-refractivity contribution in [1.82, 2.24) is 14.7 Å². The molecule has 0 bridgehead atoms. The fourth-order valence-corrected chi connectivity index (χ4v) is 2.19. The van der Waals surface area contributed by atoms with E-state index in [4.69, 9.17) is 5.73 Å². The molecular formula is C11H20N4. The molecule has 84 valence electrons. The van der Waals surface area contributed by atoms with E-state index >= 15 is 0 Å². The van der Waals surface area contributed by atoms with E-state index < -0.39 is 0 Å². The summed E-state index contributed by atoms with van der Waals surface area (Å²) in [6.45, 7) is 3.58. The van der Waals surface area contributed by atoms with Crippen LogP contribution in [-0.2, 0) is 13.5 Å². The second-order valence-electron chi connectivity index (χ2n) is 4.36. The third-order valence-electron chi connectivity index (χ3n) is 3.05. The molecule has 1 aromatic rings. The number of hydrogen-bond donors (Lipinski definition) is 1. The largest absolute Gasteiger partial charge is 0.396 e. The van der Waals surface area contributed by atoms with Crippen LogP contribution in [0.5, 0.6) is 0 Å². The Hall–Kier alpha value is -1.03. The molecule has 2 heterocycles. The third kappa shape index (κ3) is 2.72. The van der Waals surface area contributed by atoms with Crippen molar-refractivity contribution < 1.29 is 0 Å². The Morgan fingerprint density at radius 1 is 1.33 bits per heavy atom. The van der Waals surface area contributed by atoms with Crippen molar-refractivity contribution >= 4 is 5.69 Å². The van der Waals surface area contributed by atoms with Crippen LogP contribution in [0.4, 0.5) is 5.69 Å². The van der Waals surface area contributed by atoms with Gasteiger partial charge in [-0.15, -0.1) is 0 Å². The van der Waals surface area contributed by atoms with E-state index in [1.54, 1.807) is 4.68 Å². The molecule has 0 amide bonds. The highest BCUT2D eigenvalue weighted by Gasteiger charge is 2.11. The highest BCUT2D eigenvalue weighted by atomic mass is 15.3. The van der Waals surface area contributed by atoms with E-state index in [1.165, 1.54) is 32.4 Å². The monoisotopic (exact) mass is 208 g/mol. The van der Waals surface area contributed by atoms with Crippen LogP contribution in [0.25, 0.3) is 0 Å². The number of anilines is 1. The average Bonchev–Trinajstić information content (AvgIpc) is 2.56. The van der Waals surface area contributed by atoms with Crippen molar-refractivity contribution in [2.45, 2.75) is 25.7 Å². The van der Waals surface area contributed by atoms with E-state index in [-0.39, 0.29) is 0 Å². The first-order valence-corrected chi connectivity index (χ1v) is 5.76. The van der Waals surface area contributed by atoms with Gasteiger partial charge in [0.05, 0.1) is 11.4 Å². The van der Waals surface area contributed by atoms with Crippen LogP contribution in [0.15, 0.2) is 6.20 Å². The Morgan fingerprint density at radius 3 is 2.67 bits per heavy atom. The second-order valence-corrected chi connectivity index (χ2v) is 4.36. The summed E-state index contributed by atoms with van der Waals surface area (Å²) in [6, 6.07) is 0. The fraction of sp³-hybridized carbons (Fsp3) is 0.727. The fourth-order valence-electron chi connectivity index (χ4n) is 2.19. The lowest BCUT2D eigenvalue weighted by Crippen LogP contribution is -2.31. The Kier molecular flexibility index (Phi) is 3.26. The Morgan fingerprint density at radius 2 is 2.07 bits per heavy atom. The molecule has 1 aliphatic heterocycles. The normalized spacial score (nSPS) is 18.2. The second kappa shape index (κ2) is 4.66. The highest BCUT2D eigenvalue weighted by molar-refractivity contribution is 5.40. The lowest BCUT2D eigenvalue weighted by molar-refractivity contribution is 0.231. The number of nitrogens with zero attached hydrogens (tertiary/aromatic N) is 3. The maximum absolute atomic E-state index is 5.86. The number of aromatic nitrogens is 2. The predicted molar refractivity (Wildman–Crippen MR) is 61.6 cm³/mol. The first kappa shape index (κ1) is 10.5. The van der Waals surface area contributed by atoms with E-state index in [9.17, 15) is 0 Å². The number of likely N-dealkylation sites (tertiary alicyclic amines) is 1. The Bertz CT molecular complexity index is 312. The summed E-state index contributed by atoms with van der Waals surface area (Å²) in [5.74, 6) is 0. The summed E-state index contributed by atoms with van der Waals surface area (Å²) in [6.07, 6.45) is 6.94. The topological polar surface area (TPSA) is 47.1 Å². The first-order chi connectivity index (χ1) is 7.25. The molecule has 1 saturated heterocycles. The molecule has 4 nitrogen and oxygen atoms in total. The molecule has 4 heteroatoms. The van der Waals surface area contributed by atoms with Crippen molar-refractivity contribution in [2.24, 2.45) is 7.05 Å². The van der Waals surface area contributed by atoms with Crippen LogP contribution >= 0.6 is 0 Å². The van der Waals surface area contributed by atoms with Crippen LogP contribution in [0.2, 0.25) is 0 Å². The number of nitrogen functional groups attached to an aromatic ring is 1. The molecule has 0 spiro atoms. The molecule has 0 unspecified atom stereocenters. The standard InChI is InChI=1S/C11H20N4/c1-14-9-10(12)11(13-14)5-8-15-6-3-2-4-7-15/h9H,2-8,12H2,1H3. The molecule has 0 aliphatic carbocycles. The first-order valence-electron chi connectivity index (χ1n) is 5.76. The van der Waals surface area contributed by atoms with E-state index in [0.29, 0.717) is 0 Å². The molecule has 1 aromatic heterocycles. The molecule has 0 saturated carbocycles. The van der Waals surface area contributed by atoms with Crippen LogP contribution in [-0.4, -0.2) is 34.3 Å². The minimum atomic E-state index is 0.828. The lowest BCUT2D eigenvalue weighted by atomic mass is 10.1. The molecule has 2 rings (SSSR count). The van der Waals surface area contributed by atoms with Gasteiger partial charge in [-0.1, -0.05) is 6.42 Å². The van der Waals surface area contributed by atoms with Crippen molar-refractivity contribution in [3.8, 4) is 0 Å². The van der Waals surface area contributed by atoms with Gasteiger partial charge >= 0.3 is 0 Å². The number of rotatable bonds is 3. The summed E-state index contributed by atoms with van der Waals surface area (Å²) < 4.78 is 1.79. The smallest absolute Gasteiger partial charge is 0.0866 e. The quantitative estimate of drug-likeness (QED) is 0.807. The van der Waals surface area contributed by atoms with E-state index in [2.05, 4.69) is 10.00 Å². The van der Waals surface area contributed by atoms with Gasteiger partial charge in [0.1, 0.15) is 0 Å². The molecule has 1 aliphatic rings. The Labute approximate surface area is 91.1 Å². The molecule has 15 heavy (non-hydrogen) atoms. The number of aryl methyl sites for hydroxylation is 1. The maximum Gasteiger partial charge on any atom is 0.0866 e. The van der Waals surface area contributed by atoms with Gasteiger partial charge in [-0.3, -0.25) is 4.68 Å². The molecule has 2 N–H and O–H groups in total. The zero-order valence-corrected chi connectivity index (χ0v) is 9.45. The molecule has 1 fully saturated rings. The summed E-state index contributed by atoms with van der Waals surface area (Å²) >= 11 is 0. The zero-order valence-electron chi connectivity index (χ0n) is 9.45. The average molecular weight is 208 g/mol. The molecule has 0 aromatic carbocycles. The summed E-state index contributed by atoms with van der Waals surface area (Å²) in [5.41, 5.74) is 7.73. The van der Waals surface area contributed by atoms with Gasteiger partial charge in [0, 0.05) is 26.2 Å². The van der Waals surface area contributed by atoms with Gasteiger partial charge in [-0.05, 0) is 25.9 Å². The van der Waals surface area contributed by atoms with Gasteiger partial charge < -0.3 is 10.6 Å². The Balaban J connectivity index is 1.84. The van der Waals surface area contributed by atoms with Crippen molar-refractivity contribution in [2.75, 3.05) is 25.4 Å². The molecular weight excluding hydrogens is 188 g/mol. The summed E-state index contributed by atoms with van der Waals surface area (Å²) in [7, 11) is 1.92.